The Morgan fingerprint density at radius 1 is 0.379 bits per heavy atom. The highest BCUT2D eigenvalue weighted by Gasteiger charge is 2.18. The van der Waals surface area contributed by atoms with E-state index in [0.29, 0.717) is 6.54 Å². The summed E-state index contributed by atoms with van der Waals surface area (Å²) in [6.45, 7) is 0.703. The molecule has 0 aliphatic heterocycles. The van der Waals surface area contributed by atoms with Gasteiger partial charge in [-0.05, 0) is 132 Å². The van der Waals surface area contributed by atoms with Gasteiger partial charge in [0.15, 0.2) is 0 Å². The van der Waals surface area contributed by atoms with Crippen LogP contribution in [0.3, 0.4) is 0 Å². The zero-order chi connectivity index (χ0) is 38.7. The molecule has 1 aliphatic rings. The molecular formula is C57H43N. The minimum absolute atomic E-state index is 0.703. The molecule has 1 aliphatic carbocycles. The minimum atomic E-state index is 0.703. The number of allylic oxidation sites excluding steroid dienone is 4. The Bertz CT molecular complexity index is 2920. The lowest BCUT2D eigenvalue weighted by atomic mass is 9.88. The number of benzene rings is 9. The fourth-order valence-electron chi connectivity index (χ4n) is 8.72. The van der Waals surface area contributed by atoms with E-state index in [4.69, 9.17) is 0 Å². The molecule has 0 spiro atoms. The number of rotatable bonds is 9. The Labute approximate surface area is 341 Å². The van der Waals surface area contributed by atoms with Gasteiger partial charge in [0.05, 0.1) is 0 Å². The van der Waals surface area contributed by atoms with Crippen molar-refractivity contribution in [1.29, 1.82) is 0 Å². The molecule has 58 heavy (non-hydrogen) atoms. The second kappa shape index (κ2) is 15.7. The molecule has 0 amide bonds. The Balaban J connectivity index is 1.08. The van der Waals surface area contributed by atoms with E-state index in [1.807, 2.05) is 0 Å². The van der Waals surface area contributed by atoms with Gasteiger partial charge in [0.2, 0.25) is 0 Å². The van der Waals surface area contributed by atoms with Crippen molar-refractivity contribution in [3.05, 3.63) is 241 Å². The SMILES string of the molecule is C1=CC(c2ccc(N(Cc3ccc(-c4ccccc4)cc3-c3ccccc3)c3ccc(-c4cc5ccccc5c5ccccc45)cc3)cc2)=C(c2ccccc2)CC1. The first kappa shape index (κ1) is 35.2. The molecule has 9 aromatic carbocycles. The third-order valence-corrected chi connectivity index (χ3v) is 11.7. The van der Waals surface area contributed by atoms with E-state index in [1.165, 1.54) is 82.8 Å². The van der Waals surface area contributed by atoms with Crippen LogP contribution in [0.1, 0.15) is 29.5 Å². The summed E-state index contributed by atoms with van der Waals surface area (Å²) in [6, 6.07) is 77.6. The Morgan fingerprint density at radius 2 is 0.914 bits per heavy atom. The Hall–Kier alpha value is -7.22. The van der Waals surface area contributed by atoms with Gasteiger partial charge in [-0.2, -0.15) is 0 Å². The fourth-order valence-corrected chi connectivity index (χ4v) is 8.72. The van der Waals surface area contributed by atoms with Crippen molar-refractivity contribution in [3.8, 4) is 33.4 Å². The Morgan fingerprint density at radius 3 is 1.60 bits per heavy atom. The third-order valence-electron chi connectivity index (χ3n) is 11.7. The molecule has 0 fully saturated rings. The van der Waals surface area contributed by atoms with Crippen LogP contribution in [0.15, 0.2) is 224 Å². The molecule has 0 saturated heterocycles. The van der Waals surface area contributed by atoms with Crippen molar-refractivity contribution in [2.45, 2.75) is 19.4 Å². The van der Waals surface area contributed by atoms with Crippen molar-refractivity contribution in [1.82, 2.24) is 0 Å². The van der Waals surface area contributed by atoms with Gasteiger partial charge in [0.25, 0.3) is 0 Å². The first-order valence-corrected chi connectivity index (χ1v) is 20.3. The zero-order valence-electron chi connectivity index (χ0n) is 32.4. The average Bonchev–Trinajstić information content (AvgIpc) is 3.31. The molecule has 9 aromatic rings. The summed E-state index contributed by atoms with van der Waals surface area (Å²) in [5.74, 6) is 0. The van der Waals surface area contributed by atoms with Crippen molar-refractivity contribution >= 4 is 44.1 Å². The highest BCUT2D eigenvalue weighted by molar-refractivity contribution is 6.13. The molecule has 1 heteroatoms. The summed E-state index contributed by atoms with van der Waals surface area (Å²) in [7, 11) is 0. The zero-order valence-corrected chi connectivity index (χ0v) is 32.4. The van der Waals surface area contributed by atoms with Crippen LogP contribution in [0.25, 0.3) is 66.1 Å². The van der Waals surface area contributed by atoms with Crippen LogP contribution in [-0.4, -0.2) is 0 Å². The predicted octanol–water partition coefficient (Wildman–Crippen LogP) is 15.6. The van der Waals surface area contributed by atoms with Crippen molar-refractivity contribution in [2.75, 3.05) is 4.90 Å². The van der Waals surface area contributed by atoms with Crippen molar-refractivity contribution < 1.29 is 0 Å². The van der Waals surface area contributed by atoms with Crippen LogP contribution >= 0.6 is 0 Å². The van der Waals surface area contributed by atoms with E-state index < -0.39 is 0 Å². The van der Waals surface area contributed by atoms with E-state index in [-0.39, 0.29) is 0 Å². The van der Waals surface area contributed by atoms with E-state index >= 15 is 0 Å². The predicted molar refractivity (Wildman–Crippen MR) is 248 cm³/mol. The highest BCUT2D eigenvalue weighted by Crippen LogP contribution is 2.40. The molecule has 0 radical (unpaired) electrons. The lowest BCUT2D eigenvalue weighted by Gasteiger charge is -2.28. The van der Waals surface area contributed by atoms with Crippen LogP contribution in [0.5, 0.6) is 0 Å². The summed E-state index contributed by atoms with van der Waals surface area (Å²) in [4.78, 5) is 2.47. The first-order chi connectivity index (χ1) is 28.8. The van der Waals surface area contributed by atoms with Gasteiger partial charge in [0.1, 0.15) is 0 Å². The van der Waals surface area contributed by atoms with Crippen LogP contribution in [0.4, 0.5) is 11.4 Å². The van der Waals surface area contributed by atoms with Gasteiger partial charge in [0, 0.05) is 17.9 Å². The van der Waals surface area contributed by atoms with Gasteiger partial charge in [-0.25, -0.2) is 0 Å². The molecule has 0 aromatic heterocycles. The molecule has 10 rings (SSSR count). The van der Waals surface area contributed by atoms with E-state index in [9.17, 15) is 0 Å². The molecule has 276 valence electrons. The summed E-state index contributed by atoms with van der Waals surface area (Å²) in [5, 5.41) is 5.10. The highest BCUT2D eigenvalue weighted by atomic mass is 15.1. The summed E-state index contributed by atoms with van der Waals surface area (Å²) < 4.78 is 0. The van der Waals surface area contributed by atoms with Gasteiger partial charge in [-0.1, -0.05) is 188 Å². The van der Waals surface area contributed by atoms with Crippen LogP contribution in [-0.2, 0) is 6.54 Å². The average molecular weight is 742 g/mol. The summed E-state index contributed by atoms with van der Waals surface area (Å²) in [5.41, 5.74) is 16.2. The van der Waals surface area contributed by atoms with Gasteiger partial charge >= 0.3 is 0 Å². The molecule has 0 bridgehead atoms. The number of hydrogen-bond acceptors (Lipinski definition) is 1. The van der Waals surface area contributed by atoms with Crippen LogP contribution in [0.2, 0.25) is 0 Å². The van der Waals surface area contributed by atoms with Crippen molar-refractivity contribution in [3.63, 3.8) is 0 Å². The molecule has 0 atom stereocenters. The molecule has 0 heterocycles. The lowest BCUT2D eigenvalue weighted by Crippen LogP contribution is -2.17. The minimum Gasteiger partial charge on any atom is -0.337 e. The second-order valence-corrected chi connectivity index (χ2v) is 15.2. The molecular weight excluding hydrogens is 699 g/mol. The smallest absolute Gasteiger partial charge is 0.0487 e. The van der Waals surface area contributed by atoms with Gasteiger partial charge in [-0.15, -0.1) is 0 Å². The topological polar surface area (TPSA) is 3.24 Å². The summed E-state index contributed by atoms with van der Waals surface area (Å²) in [6.07, 6.45) is 6.74. The number of fused-ring (bicyclic) bond motifs is 3. The maximum absolute atomic E-state index is 2.47. The quantitative estimate of drug-likeness (QED) is 0.133. The Kier molecular flexibility index (Phi) is 9.55. The van der Waals surface area contributed by atoms with E-state index in [2.05, 4.69) is 229 Å². The monoisotopic (exact) mass is 741 g/mol. The molecule has 1 nitrogen and oxygen atoms in total. The fraction of sp³-hybridized carbons (Fsp3) is 0.0526. The standard InChI is InChI=1S/C57H43N/c1-4-16-41(17-5-1)46-28-29-48(56(38-46)43-20-8-3-9-21-43)40-58(49-34-30-44(31-35-49)52-24-13-12-23-51(52)42-18-6-2-7-19-42)50-36-32-45(33-37-50)57-39-47-22-10-11-25-53(47)54-26-14-15-27-55(54)57/h1-11,13-22,24-39H,12,23,40H2. The first-order valence-electron chi connectivity index (χ1n) is 20.3. The summed E-state index contributed by atoms with van der Waals surface area (Å²) >= 11 is 0. The largest absolute Gasteiger partial charge is 0.337 e. The normalized spacial score (nSPS) is 12.6. The van der Waals surface area contributed by atoms with Crippen LogP contribution in [0, 0.1) is 0 Å². The van der Waals surface area contributed by atoms with Crippen LogP contribution < -0.4 is 4.90 Å². The number of hydrogen-bond donors (Lipinski definition) is 0. The maximum Gasteiger partial charge on any atom is 0.0487 e. The third kappa shape index (κ3) is 6.93. The molecule has 0 saturated carbocycles. The van der Waals surface area contributed by atoms with Gasteiger partial charge in [-0.3, -0.25) is 0 Å². The molecule has 0 unspecified atom stereocenters. The second-order valence-electron chi connectivity index (χ2n) is 15.2. The van der Waals surface area contributed by atoms with Crippen molar-refractivity contribution in [2.24, 2.45) is 0 Å². The van der Waals surface area contributed by atoms with Gasteiger partial charge < -0.3 is 4.90 Å². The lowest BCUT2D eigenvalue weighted by molar-refractivity contribution is 0.977. The van der Waals surface area contributed by atoms with E-state index in [1.54, 1.807) is 0 Å². The maximum atomic E-state index is 2.47. The number of nitrogens with zero attached hydrogens (tertiary/aromatic N) is 1. The number of anilines is 2. The molecule has 0 N–H and O–H groups in total. The van der Waals surface area contributed by atoms with E-state index in [0.717, 1.165) is 24.2 Å².